The molecule has 0 radical (unpaired) electrons. The molecule has 1 heterocycles. The molecule has 2 rings (SSSR count). The lowest BCUT2D eigenvalue weighted by molar-refractivity contribution is 0.0240. The van der Waals surface area contributed by atoms with Crippen LogP contribution < -0.4 is 10.6 Å². The van der Waals surface area contributed by atoms with Crippen molar-refractivity contribution in [1.29, 1.82) is 0 Å². The number of hydrogen-bond donors (Lipinski definition) is 1. The number of anilines is 2. The fourth-order valence-corrected chi connectivity index (χ4v) is 2.57. The van der Waals surface area contributed by atoms with Crippen molar-refractivity contribution < 1.29 is 9.53 Å². The first-order valence-electron chi connectivity index (χ1n) is 7.91. The summed E-state index contributed by atoms with van der Waals surface area (Å²) in [6, 6.07) is 6.17. The fourth-order valence-electron chi connectivity index (χ4n) is 2.57. The number of aryl methyl sites for hydroxylation is 1. The van der Waals surface area contributed by atoms with Gasteiger partial charge in [-0.1, -0.05) is 6.92 Å². The summed E-state index contributed by atoms with van der Waals surface area (Å²) < 4.78 is 5.42. The van der Waals surface area contributed by atoms with Gasteiger partial charge >= 0.3 is 6.09 Å². The molecule has 0 saturated carbocycles. The van der Waals surface area contributed by atoms with Gasteiger partial charge in [0.05, 0.1) is 0 Å². The molecule has 122 valence electrons. The molecular formula is C17H27N3O2. The third-order valence-corrected chi connectivity index (χ3v) is 3.80. The van der Waals surface area contributed by atoms with E-state index in [-0.39, 0.29) is 6.09 Å². The van der Waals surface area contributed by atoms with Crippen LogP contribution in [0.25, 0.3) is 0 Å². The van der Waals surface area contributed by atoms with Crippen molar-refractivity contribution >= 4 is 17.5 Å². The van der Waals surface area contributed by atoms with Gasteiger partial charge in [-0.15, -0.1) is 0 Å². The van der Waals surface area contributed by atoms with E-state index < -0.39 is 5.60 Å². The number of ether oxygens (including phenoxy) is 1. The third-order valence-electron chi connectivity index (χ3n) is 3.80. The second-order valence-electron chi connectivity index (χ2n) is 6.69. The van der Waals surface area contributed by atoms with Crippen molar-refractivity contribution in [3.63, 3.8) is 0 Å². The molecule has 1 fully saturated rings. The minimum Gasteiger partial charge on any atom is -0.444 e. The molecule has 1 amide bonds. The Labute approximate surface area is 133 Å². The molecule has 5 heteroatoms. The van der Waals surface area contributed by atoms with E-state index in [0.717, 1.165) is 25.2 Å². The average Bonchev–Trinajstić information content (AvgIpc) is 2.46. The molecular weight excluding hydrogens is 278 g/mol. The summed E-state index contributed by atoms with van der Waals surface area (Å²) in [7, 11) is 0. The summed E-state index contributed by atoms with van der Waals surface area (Å²) in [6.45, 7) is 10.8. The predicted molar refractivity (Wildman–Crippen MR) is 90.3 cm³/mol. The molecule has 1 aromatic rings. The highest BCUT2D eigenvalue weighted by molar-refractivity contribution is 5.69. The van der Waals surface area contributed by atoms with E-state index in [1.807, 2.05) is 26.8 Å². The van der Waals surface area contributed by atoms with Crippen molar-refractivity contribution in [2.24, 2.45) is 0 Å². The molecule has 0 atom stereocenters. The van der Waals surface area contributed by atoms with E-state index in [4.69, 9.17) is 10.5 Å². The first-order chi connectivity index (χ1) is 10.3. The Bertz CT molecular complexity index is 529. The molecule has 22 heavy (non-hydrogen) atoms. The largest absolute Gasteiger partial charge is 0.444 e. The topological polar surface area (TPSA) is 58.8 Å². The molecule has 1 saturated heterocycles. The fraction of sp³-hybridized carbons (Fsp3) is 0.588. The number of carbonyl (C=O) groups is 1. The van der Waals surface area contributed by atoms with Crippen LogP contribution in [-0.2, 0) is 11.2 Å². The number of nitrogen functional groups attached to an aromatic ring is 1. The summed E-state index contributed by atoms with van der Waals surface area (Å²) in [5, 5.41) is 0. The highest BCUT2D eigenvalue weighted by Gasteiger charge is 2.26. The smallest absolute Gasteiger partial charge is 0.410 e. The van der Waals surface area contributed by atoms with E-state index in [0.29, 0.717) is 13.1 Å². The van der Waals surface area contributed by atoms with E-state index in [9.17, 15) is 4.79 Å². The number of nitrogens with zero attached hydrogens (tertiary/aromatic N) is 2. The van der Waals surface area contributed by atoms with E-state index >= 15 is 0 Å². The Morgan fingerprint density at radius 2 is 1.86 bits per heavy atom. The minimum atomic E-state index is -0.443. The van der Waals surface area contributed by atoms with Gasteiger partial charge in [-0.25, -0.2) is 4.79 Å². The number of rotatable bonds is 2. The van der Waals surface area contributed by atoms with Gasteiger partial charge in [0, 0.05) is 37.6 Å². The van der Waals surface area contributed by atoms with Crippen LogP contribution in [0.15, 0.2) is 18.2 Å². The van der Waals surface area contributed by atoms with E-state index in [1.54, 1.807) is 4.90 Å². The number of carbonyl (C=O) groups excluding carboxylic acids is 1. The van der Waals surface area contributed by atoms with Gasteiger partial charge in [0.25, 0.3) is 0 Å². The van der Waals surface area contributed by atoms with Crippen LogP contribution >= 0.6 is 0 Å². The number of benzene rings is 1. The normalized spacial score (nSPS) is 15.8. The molecule has 0 aromatic heterocycles. The maximum atomic E-state index is 12.1. The quantitative estimate of drug-likeness (QED) is 0.854. The zero-order valence-corrected chi connectivity index (χ0v) is 14.1. The highest BCUT2D eigenvalue weighted by Crippen LogP contribution is 2.23. The van der Waals surface area contributed by atoms with Crippen LogP contribution in [0.3, 0.4) is 0 Å². The lowest BCUT2D eigenvalue weighted by Crippen LogP contribution is -2.50. The first-order valence-corrected chi connectivity index (χ1v) is 7.91. The van der Waals surface area contributed by atoms with Crippen LogP contribution in [-0.4, -0.2) is 42.8 Å². The number of piperazine rings is 1. The maximum absolute atomic E-state index is 12.1. The Balaban J connectivity index is 1.96. The summed E-state index contributed by atoms with van der Waals surface area (Å²) in [4.78, 5) is 16.1. The molecule has 0 aliphatic carbocycles. The van der Waals surface area contributed by atoms with Crippen LogP contribution in [0.1, 0.15) is 33.3 Å². The predicted octanol–water partition coefficient (Wildman–Crippen LogP) is 2.89. The van der Waals surface area contributed by atoms with Crippen molar-refractivity contribution in [1.82, 2.24) is 4.90 Å². The van der Waals surface area contributed by atoms with Gasteiger partial charge in [0.1, 0.15) is 5.60 Å². The molecule has 5 nitrogen and oxygen atoms in total. The highest BCUT2D eigenvalue weighted by atomic mass is 16.6. The summed E-state index contributed by atoms with van der Waals surface area (Å²) in [5.41, 5.74) is 8.71. The van der Waals surface area contributed by atoms with Crippen molar-refractivity contribution in [3.8, 4) is 0 Å². The Morgan fingerprint density at radius 3 is 2.41 bits per heavy atom. The first kappa shape index (κ1) is 16.5. The summed E-state index contributed by atoms with van der Waals surface area (Å²) >= 11 is 0. The zero-order valence-electron chi connectivity index (χ0n) is 14.1. The van der Waals surface area contributed by atoms with Gasteiger partial charge in [-0.2, -0.15) is 0 Å². The minimum absolute atomic E-state index is 0.223. The number of amides is 1. The lowest BCUT2D eigenvalue weighted by Gasteiger charge is -2.37. The van der Waals surface area contributed by atoms with Gasteiger partial charge in [0.15, 0.2) is 0 Å². The van der Waals surface area contributed by atoms with Crippen LogP contribution in [0.2, 0.25) is 0 Å². The Hall–Kier alpha value is -1.91. The monoisotopic (exact) mass is 305 g/mol. The van der Waals surface area contributed by atoms with Gasteiger partial charge in [-0.05, 0) is 51.0 Å². The van der Waals surface area contributed by atoms with Crippen LogP contribution in [0, 0.1) is 0 Å². The average molecular weight is 305 g/mol. The maximum Gasteiger partial charge on any atom is 0.410 e. The molecule has 0 unspecified atom stereocenters. The van der Waals surface area contributed by atoms with Crippen molar-refractivity contribution in [3.05, 3.63) is 23.8 Å². The summed E-state index contributed by atoms with van der Waals surface area (Å²) in [6.07, 6.45) is 0.705. The van der Waals surface area contributed by atoms with E-state index in [2.05, 4.69) is 24.0 Å². The Kier molecular flexibility index (Phi) is 4.84. The van der Waals surface area contributed by atoms with E-state index in [1.165, 1.54) is 11.3 Å². The lowest BCUT2D eigenvalue weighted by atomic mass is 10.1. The third kappa shape index (κ3) is 4.06. The molecule has 1 aliphatic heterocycles. The standard InChI is InChI=1S/C17H27N3O2/c1-5-13-12-14(6-7-15(13)18)19-8-10-20(11-9-19)16(21)22-17(2,3)4/h6-7,12H,5,8-11,18H2,1-4H3. The second kappa shape index (κ2) is 6.46. The SMILES string of the molecule is CCc1cc(N2CCN(C(=O)OC(C)(C)C)CC2)ccc1N. The zero-order chi connectivity index (χ0) is 16.3. The van der Waals surface area contributed by atoms with Gasteiger partial charge in [0.2, 0.25) is 0 Å². The second-order valence-corrected chi connectivity index (χ2v) is 6.69. The van der Waals surface area contributed by atoms with Gasteiger partial charge in [-0.3, -0.25) is 0 Å². The molecule has 2 N–H and O–H groups in total. The number of hydrogen-bond acceptors (Lipinski definition) is 4. The number of nitrogens with two attached hydrogens (primary N) is 1. The molecule has 1 aliphatic rings. The molecule has 1 aromatic carbocycles. The molecule has 0 spiro atoms. The summed E-state index contributed by atoms with van der Waals surface area (Å²) in [5.74, 6) is 0. The van der Waals surface area contributed by atoms with Gasteiger partial charge < -0.3 is 20.3 Å². The Morgan fingerprint density at radius 1 is 1.23 bits per heavy atom. The molecule has 0 bridgehead atoms. The van der Waals surface area contributed by atoms with Crippen LogP contribution in [0.5, 0.6) is 0 Å². The van der Waals surface area contributed by atoms with Crippen LogP contribution in [0.4, 0.5) is 16.2 Å². The van der Waals surface area contributed by atoms with Crippen molar-refractivity contribution in [2.45, 2.75) is 39.7 Å². The van der Waals surface area contributed by atoms with Crippen molar-refractivity contribution in [2.75, 3.05) is 36.8 Å².